The quantitative estimate of drug-likeness (QED) is 0.248. The molecule has 0 saturated heterocycles. The Labute approximate surface area is 172 Å². The van der Waals surface area contributed by atoms with Gasteiger partial charge >= 0.3 is 0 Å². The van der Waals surface area contributed by atoms with Crippen LogP contribution in [-0.4, -0.2) is 47.6 Å². The fourth-order valence-electron chi connectivity index (χ4n) is 2.53. The number of aromatic nitrogens is 1. The molecule has 2 aromatic rings. The van der Waals surface area contributed by atoms with E-state index in [1.165, 1.54) is 30.5 Å². The Morgan fingerprint density at radius 3 is 2.66 bits per heavy atom. The zero-order chi connectivity index (χ0) is 21.6. The maximum absolute atomic E-state index is 14.4. The lowest BCUT2D eigenvalue weighted by atomic mass is 10.1. The summed E-state index contributed by atoms with van der Waals surface area (Å²) in [5.74, 6) is -1.21. The van der Waals surface area contributed by atoms with Gasteiger partial charge in [-0.25, -0.2) is 14.9 Å². The molecule has 0 fully saturated rings. The highest BCUT2D eigenvalue weighted by Gasteiger charge is 2.26. The number of benzene rings is 1. The second-order valence-electron chi connectivity index (χ2n) is 6.19. The summed E-state index contributed by atoms with van der Waals surface area (Å²) in [7, 11) is 1.43. The van der Waals surface area contributed by atoms with Gasteiger partial charge < -0.3 is 15.3 Å². The number of carbonyl (C=O) groups is 2. The predicted octanol–water partition coefficient (Wildman–Crippen LogP) is 2.12. The maximum Gasteiger partial charge on any atom is 0.280 e. The van der Waals surface area contributed by atoms with Crippen molar-refractivity contribution in [3.05, 3.63) is 51.0 Å². The first kappa shape index (κ1) is 22.5. The standard InChI is InChI=1S/C19H23FN4O4S/c1-11-5-6-15(14(20)9-11)22-18(24(4)10-26)16(19(27)23-28-8-7-25)17-12(2)29-13(3)21-17/h5-6,9-10,22,25H,7-8H2,1-4H3,(H,23,27)/b18-16+. The number of aliphatic hydroxyl groups excluding tert-OH is 1. The third-order valence-electron chi connectivity index (χ3n) is 3.85. The Bertz CT molecular complexity index is 929. The molecule has 10 heteroatoms. The number of hydrogen-bond donors (Lipinski definition) is 3. The molecule has 1 aromatic heterocycles. The van der Waals surface area contributed by atoms with Crippen LogP contribution in [0.5, 0.6) is 0 Å². The van der Waals surface area contributed by atoms with E-state index >= 15 is 0 Å². The summed E-state index contributed by atoms with van der Waals surface area (Å²) in [5.41, 5.74) is 3.37. The first-order chi connectivity index (χ1) is 13.8. The lowest BCUT2D eigenvalue weighted by Crippen LogP contribution is -2.32. The molecule has 1 heterocycles. The lowest BCUT2D eigenvalue weighted by Gasteiger charge is -2.22. The largest absolute Gasteiger partial charge is 0.394 e. The molecule has 156 valence electrons. The monoisotopic (exact) mass is 422 g/mol. The molecule has 0 spiro atoms. The Kier molecular flexibility index (Phi) is 7.82. The molecule has 29 heavy (non-hydrogen) atoms. The maximum atomic E-state index is 14.4. The third-order valence-corrected chi connectivity index (χ3v) is 4.74. The van der Waals surface area contributed by atoms with Crippen LogP contribution in [0.3, 0.4) is 0 Å². The molecule has 0 radical (unpaired) electrons. The molecule has 0 aliphatic carbocycles. The Morgan fingerprint density at radius 1 is 1.38 bits per heavy atom. The number of hydroxylamine groups is 1. The minimum atomic E-state index is -0.699. The summed E-state index contributed by atoms with van der Waals surface area (Å²) in [6.45, 7) is 4.91. The number of hydrogen-bond acceptors (Lipinski definition) is 7. The number of thiazole rings is 1. The molecule has 0 unspecified atom stereocenters. The van der Waals surface area contributed by atoms with Gasteiger partial charge in [0.05, 0.1) is 29.6 Å². The summed E-state index contributed by atoms with van der Waals surface area (Å²) in [6.07, 6.45) is 0.491. The van der Waals surface area contributed by atoms with Crippen LogP contribution < -0.4 is 10.8 Å². The van der Waals surface area contributed by atoms with E-state index < -0.39 is 11.7 Å². The second-order valence-corrected chi connectivity index (χ2v) is 7.60. The van der Waals surface area contributed by atoms with Gasteiger partial charge in [0.25, 0.3) is 5.91 Å². The molecule has 3 N–H and O–H groups in total. The topological polar surface area (TPSA) is 104 Å². The highest BCUT2D eigenvalue weighted by atomic mass is 32.1. The Morgan fingerprint density at radius 2 is 2.10 bits per heavy atom. The minimum Gasteiger partial charge on any atom is -0.394 e. The molecule has 0 bridgehead atoms. The highest BCUT2D eigenvalue weighted by molar-refractivity contribution is 7.11. The van der Waals surface area contributed by atoms with Crippen molar-refractivity contribution in [1.29, 1.82) is 0 Å². The molecule has 0 aliphatic heterocycles. The van der Waals surface area contributed by atoms with Gasteiger partial charge in [-0.3, -0.25) is 14.4 Å². The van der Waals surface area contributed by atoms with E-state index in [4.69, 9.17) is 9.94 Å². The number of rotatable bonds is 9. The zero-order valence-corrected chi connectivity index (χ0v) is 17.4. The Hall–Kier alpha value is -2.82. The molecule has 0 aliphatic rings. The van der Waals surface area contributed by atoms with Gasteiger partial charge in [0.2, 0.25) is 6.41 Å². The third kappa shape index (κ3) is 5.59. The van der Waals surface area contributed by atoms with Gasteiger partial charge in [-0.1, -0.05) is 6.07 Å². The molecule has 0 saturated carbocycles. The van der Waals surface area contributed by atoms with E-state index in [0.717, 1.165) is 15.3 Å². The van der Waals surface area contributed by atoms with Crippen molar-refractivity contribution in [3.63, 3.8) is 0 Å². The van der Waals surface area contributed by atoms with Crippen molar-refractivity contribution in [2.45, 2.75) is 20.8 Å². The second kappa shape index (κ2) is 10.1. The van der Waals surface area contributed by atoms with Gasteiger partial charge in [0, 0.05) is 11.9 Å². The fourth-order valence-corrected chi connectivity index (χ4v) is 3.35. The fraction of sp³-hybridized carbons (Fsp3) is 0.316. The smallest absolute Gasteiger partial charge is 0.280 e. The van der Waals surface area contributed by atoms with Crippen LogP contribution in [0, 0.1) is 26.6 Å². The number of carbonyl (C=O) groups excluding carboxylic acids is 2. The van der Waals surface area contributed by atoms with Crippen molar-refractivity contribution >= 4 is 34.9 Å². The van der Waals surface area contributed by atoms with E-state index in [0.29, 0.717) is 17.1 Å². The summed E-state index contributed by atoms with van der Waals surface area (Å²) in [4.78, 5) is 35.6. The van der Waals surface area contributed by atoms with Crippen molar-refractivity contribution in [2.75, 3.05) is 25.6 Å². The number of nitrogens with zero attached hydrogens (tertiary/aromatic N) is 2. The van der Waals surface area contributed by atoms with Crippen LogP contribution >= 0.6 is 11.3 Å². The molecule has 0 atom stereocenters. The molecule has 8 nitrogen and oxygen atoms in total. The average molecular weight is 422 g/mol. The number of nitrogens with one attached hydrogen (secondary N) is 2. The van der Waals surface area contributed by atoms with Crippen molar-refractivity contribution in [3.8, 4) is 0 Å². The Balaban J connectivity index is 2.63. The van der Waals surface area contributed by atoms with Gasteiger partial charge in [-0.2, -0.15) is 0 Å². The van der Waals surface area contributed by atoms with Gasteiger partial charge in [-0.15, -0.1) is 11.3 Å². The summed E-state index contributed by atoms with van der Waals surface area (Å²) in [6, 6.07) is 4.55. The molecular formula is C19H23FN4O4S. The number of aryl methyl sites for hydroxylation is 3. The first-order valence-electron chi connectivity index (χ1n) is 8.71. The predicted molar refractivity (Wildman–Crippen MR) is 108 cm³/mol. The van der Waals surface area contributed by atoms with Crippen LogP contribution in [0.1, 0.15) is 21.1 Å². The number of amides is 2. The molecule has 2 rings (SSSR count). The summed E-state index contributed by atoms with van der Waals surface area (Å²) >= 11 is 1.38. The molecule has 1 aromatic carbocycles. The van der Waals surface area contributed by atoms with Crippen molar-refractivity contribution in [2.24, 2.45) is 0 Å². The average Bonchev–Trinajstić information content (AvgIpc) is 3.00. The normalized spacial score (nSPS) is 11.7. The summed E-state index contributed by atoms with van der Waals surface area (Å²) < 4.78 is 14.4. The number of anilines is 1. The van der Waals surface area contributed by atoms with E-state index in [9.17, 15) is 14.0 Å². The van der Waals surface area contributed by atoms with Gasteiger partial charge in [0.15, 0.2) is 0 Å². The molecule has 2 amide bonds. The summed E-state index contributed by atoms with van der Waals surface area (Å²) in [5, 5.41) is 12.4. The number of aliphatic hydroxyl groups is 1. The first-order valence-corrected chi connectivity index (χ1v) is 9.53. The van der Waals surface area contributed by atoms with Crippen LogP contribution in [0.4, 0.5) is 10.1 Å². The minimum absolute atomic E-state index is 0.000588. The van der Waals surface area contributed by atoms with E-state index in [1.54, 1.807) is 26.8 Å². The van der Waals surface area contributed by atoms with Gasteiger partial charge in [-0.05, 0) is 38.5 Å². The SMILES string of the molecule is Cc1ccc(N/C(=C(\C(=O)NOCCO)c2nc(C)sc2C)N(C)C=O)c(F)c1. The van der Waals surface area contributed by atoms with Crippen LogP contribution in [-0.2, 0) is 14.4 Å². The van der Waals surface area contributed by atoms with E-state index in [2.05, 4.69) is 15.8 Å². The van der Waals surface area contributed by atoms with Crippen LogP contribution in [0.25, 0.3) is 5.57 Å². The molecular weight excluding hydrogens is 399 g/mol. The zero-order valence-electron chi connectivity index (χ0n) is 16.6. The van der Waals surface area contributed by atoms with Crippen LogP contribution in [0.15, 0.2) is 24.0 Å². The van der Waals surface area contributed by atoms with Gasteiger partial charge in [0.1, 0.15) is 17.2 Å². The van der Waals surface area contributed by atoms with E-state index in [-0.39, 0.29) is 30.3 Å². The number of halogens is 1. The van der Waals surface area contributed by atoms with Crippen LogP contribution in [0.2, 0.25) is 0 Å². The van der Waals surface area contributed by atoms with E-state index in [1.807, 2.05) is 0 Å². The van der Waals surface area contributed by atoms with Crippen molar-refractivity contribution < 1.29 is 23.9 Å². The lowest BCUT2D eigenvalue weighted by molar-refractivity contribution is -0.128. The highest BCUT2D eigenvalue weighted by Crippen LogP contribution is 2.29. The van der Waals surface area contributed by atoms with Crippen molar-refractivity contribution in [1.82, 2.24) is 15.4 Å².